The van der Waals surface area contributed by atoms with Crippen molar-refractivity contribution in [2.24, 2.45) is 0 Å². The quantitative estimate of drug-likeness (QED) is 0.304. The number of ether oxygens (including phenoxy) is 1. The number of halogens is 3. The van der Waals surface area contributed by atoms with E-state index in [1.807, 2.05) is 55.5 Å². The molecule has 0 saturated carbocycles. The standard InChI is InChI=1S/C26H26Cl3NO2S/c1-17(30-24(31)25(2,3)32-22-13-9-20(28)10-14-22)26(4,18-5-7-19(27)8-6-18)33-23-15-11-21(29)12-16-23/h5-17H,1-4H3,(H,30,31). The van der Waals surface area contributed by atoms with Gasteiger partial charge in [0.25, 0.3) is 5.91 Å². The molecule has 33 heavy (non-hydrogen) atoms. The van der Waals surface area contributed by atoms with Gasteiger partial charge >= 0.3 is 0 Å². The number of amides is 1. The summed E-state index contributed by atoms with van der Waals surface area (Å²) in [5.74, 6) is 0.352. The van der Waals surface area contributed by atoms with E-state index in [0.717, 1.165) is 10.5 Å². The average Bonchev–Trinajstić information content (AvgIpc) is 2.77. The maximum atomic E-state index is 13.3. The second kappa shape index (κ2) is 10.6. The number of hydrogen-bond acceptors (Lipinski definition) is 3. The SMILES string of the molecule is CC(NC(=O)C(C)(C)Oc1ccc(Cl)cc1)C(C)(Sc1ccc(Cl)cc1)c1ccc(Cl)cc1. The van der Waals surface area contributed by atoms with Crippen LogP contribution in [-0.2, 0) is 9.54 Å². The predicted molar refractivity (Wildman–Crippen MR) is 140 cm³/mol. The van der Waals surface area contributed by atoms with Crippen LogP contribution in [-0.4, -0.2) is 17.6 Å². The fourth-order valence-corrected chi connectivity index (χ4v) is 4.91. The number of hydrogen-bond donors (Lipinski definition) is 1. The third-order valence-electron chi connectivity index (χ3n) is 5.47. The molecule has 2 atom stereocenters. The van der Waals surface area contributed by atoms with Gasteiger partial charge in [-0.25, -0.2) is 0 Å². The number of benzene rings is 3. The number of rotatable bonds is 8. The third kappa shape index (κ3) is 6.60. The second-order valence-corrected chi connectivity index (χ2v) is 11.3. The van der Waals surface area contributed by atoms with E-state index in [0.29, 0.717) is 20.8 Å². The Morgan fingerprint density at radius 2 is 1.27 bits per heavy atom. The Bertz CT molecular complexity index is 1090. The van der Waals surface area contributed by atoms with Gasteiger partial charge in [-0.3, -0.25) is 4.79 Å². The van der Waals surface area contributed by atoms with Crippen LogP contribution in [0.3, 0.4) is 0 Å². The molecule has 0 heterocycles. The van der Waals surface area contributed by atoms with Crippen LogP contribution in [0.1, 0.15) is 33.3 Å². The van der Waals surface area contributed by atoms with Crippen molar-refractivity contribution < 1.29 is 9.53 Å². The summed E-state index contributed by atoms with van der Waals surface area (Å²) in [5.41, 5.74) is -0.0513. The van der Waals surface area contributed by atoms with Crippen molar-refractivity contribution in [3.8, 4) is 5.75 Å². The van der Waals surface area contributed by atoms with Gasteiger partial charge in [0.15, 0.2) is 5.60 Å². The first kappa shape index (κ1) is 25.8. The van der Waals surface area contributed by atoms with E-state index in [9.17, 15) is 4.79 Å². The monoisotopic (exact) mass is 521 g/mol. The van der Waals surface area contributed by atoms with Gasteiger partial charge in [-0.15, -0.1) is 11.8 Å². The molecule has 0 aromatic heterocycles. The lowest BCUT2D eigenvalue weighted by molar-refractivity contribution is -0.135. The van der Waals surface area contributed by atoms with E-state index in [1.165, 1.54) is 0 Å². The molecule has 0 radical (unpaired) electrons. The Labute approximate surface area is 214 Å². The Balaban J connectivity index is 1.84. The fraction of sp³-hybridized carbons (Fsp3) is 0.269. The number of thioether (sulfide) groups is 1. The van der Waals surface area contributed by atoms with Gasteiger partial charge in [0.2, 0.25) is 0 Å². The minimum absolute atomic E-state index is 0.221. The van der Waals surface area contributed by atoms with Crippen molar-refractivity contribution in [2.45, 2.75) is 49.0 Å². The molecule has 3 nitrogen and oxygen atoms in total. The molecule has 0 fully saturated rings. The first-order valence-electron chi connectivity index (χ1n) is 10.5. The van der Waals surface area contributed by atoms with Crippen LogP contribution >= 0.6 is 46.6 Å². The third-order valence-corrected chi connectivity index (χ3v) is 7.75. The highest BCUT2D eigenvalue weighted by molar-refractivity contribution is 8.00. The van der Waals surface area contributed by atoms with Crippen LogP contribution in [0.15, 0.2) is 77.7 Å². The molecule has 174 valence electrons. The summed E-state index contributed by atoms with van der Waals surface area (Å²) in [6.45, 7) is 7.59. The molecular formula is C26H26Cl3NO2S. The largest absolute Gasteiger partial charge is 0.478 e. The molecule has 0 aliphatic rings. The Morgan fingerprint density at radius 1 is 0.818 bits per heavy atom. The van der Waals surface area contributed by atoms with Crippen molar-refractivity contribution in [2.75, 3.05) is 0 Å². The van der Waals surface area contributed by atoms with Gasteiger partial charge in [0, 0.05) is 26.0 Å². The van der Waals surface area contributed by atoms with Crippen LogP contribution < -0.4 is 10.1 Å². The van der Waals surface area contributed by atoms with Crippen molar-refractivity contribution in [1.29, 1.82) is 0 Å². The first-order valence-corrected chi connectivity index (χ1v) is 12.4. The maximum Gasteiger partial charge on any atom is 0.263 e. The molecule has 7 heteroatoms. The molecule has 0 aliphatic carbocycles. The van der Waals surface area contributed by atoms with E-state index >= 15 is 0 Å². The van der Waals surface area contributed by atoms with Crippen molar-refractivity contribution in [3.05, 3.63) is 93.4 Å². The Kier molecular flexibility index (Phi) is 8.28. The molecule has 1 N–H and O–H groups in total. The highest BCUT2D eigenvalue weighted by Crippen LogP contribution is 2.44. The minimum atomic E-state index is -1.09. The molecular weight excluding hydrogens is 497 g/mol. The van der Waals surface area contributed by atoms with Crippen LogP contribution in [0.5, 0.6) is 5.75 Å². The zero-order chi connectivity index (χ0) is 24.2. The molecule has 1 amide bonds. The maximum absolute atomic E-state index is 13.3. The van der Waals surface area contributed by atoms with Gasteiger partial charge in [-0.05, 0) is 93.9 Å². The summed E-state index contributed by atoms with van der Waals surface area (Å²) in [6, 6.07) is 22.1. The van der Waals surface area contributed by atoms with E-state index < -0.39 is 10.3 Å². The zero-order valence-electron chi connectivity index (χ0n) is 18.9. The van der Waals surface area contributed by atoms with E-state index in [2.05, 4.69) is 12.2 Å². The molecule has 3 rings (SSSR count). The van der Waals surface area contributed by atoms with Crippen molar-refractivity contribution in [3.63, 3.8) is 0 Å². The summed E-state index contributed by atoms with van der Waals surface area (Å²) in [7, 11) is 0. The average molecular weight is 523 g/mol. The smallest absolute Gasteiger partial charge is 0.263 e. The van der Waals surface area contributed by atoms with Gasteiger partial charge in [-0.1, -0.05) is 46.9 Å². The van der Waals surface area contributed by atoms with E-state index in [4.69, 9.17) is 39.5 Å². The van der Waals surface area contributed by atoms with Gasteiger partial charge in [0.1, 0.15) is 5.75 Å². The summed E-state index contributed by atoms with van der Waals surface area (Å²) >= 11 is 19.8. The molecule has 0 spiro atoms. The topological polar surface area (TPSA) is 38.3 Å². The Hall–Kier alpha value is -1.85. The normalized spacial score (nSPS) is 14.3. The summed E-state index contributed by atoms with van der Waals surface area (Å²) in [4.78, 5) is 14.3. The van der Waals surface area contributed by atoms with Gasteiger partial charge in [-0.2, -0.15) is 0 Å². The number of carbonyl (C=O) groups is 1. The van der Waals surface area contributed by atoms with Gasteiger partial charge in [0.05, 0.1) is 4.75 Å². The van der Waals surface area contributed by atoms with Crippen LogP contribution in [0.4, 0.5) is 0 Å². The number of carbonyl (C=O) groups excluding carboxylic acids is 1. The molecule has 0 aliphatic heterocycles. The lowest BCUT2D eigenvalue weighted by atomic mass is 9.92. The van der Waals surface area contributed by atoms with Crippen molar-refractivity contribution >= 4 is 52.5 Å². The highest BCUT2D eigenvalue weighted by atomic mass is 35.5. The van der Waals surface area contributed by atoms with E-state index in [-0.39, 0.29) is 11.9 Å². The van der Waals surface area contributed by atoms with Gasteiger partial charge < -0.3 is 10.1 Å². The highest BCUT2D eigenvalue weighted by Gasteiger charge is 2.39. The van der Waals surface area contributed by atoms with Crippen LogP contribution in [0.25, 0.3) is 0 Å². The Morgan fingerprint density at radius 3 is 1.79 bits per heavy atom. The lowest BCUT2D eigenvalue weighted by Gasteiger charge is -2.38. The van der Waals surface area contributed by atoms with Crippen LogP contribution in [0, 0.1) is 0 Å². The molecule has 2 unspecified atom stereocenters. The predicted octanol–water partition coefficient (Wildman–Crippen LogP) is 8.02. The molecule has 3 aromatic carbocycles. The van der Waals surface area contributed by atoms with Crippen LogP contribution in [0.2, 0.25) is 15.1 Å². The second-order valence-electron chi connectivity index (χ2n) is 8.43. The molecule has 0 saturated heterocycles. The molecule has 3 aromatic rings. The fourth-order valence-electron chi connectivity index (χ4n) is 3.28. The summed E-state index contributed by atoms with van der Waals surface area (Å²) in [6.07, 6.45) is 0. The van der Waals surface area contributed by atoms with E-state index in [1.54, 1.807) is 49.9 Å². The summed E-state index contributed by atoms with van der Waals surface area (Å²) < 4.78 is 5.48. The minimum Gasteiger partial charge on any atom is -0.478 e. The summed E-state index contributed by atoms with van der Waals surface area (Å²) in [5, 5.41) is 5.11. The lowest BCUT2D eigenvalue weighted by Crippen LogP contribution is -2.53. The van der Waals surface area contributed by atoms with Crippen molar-refractivity contribution in [1.82, 2.24) is 5.32 Å². The first-order chi connectivity index (χ1) is 15.5. The number of nitrogens with one attached hydrogen (secondary N) is 1. The molecule has 0 bridgehead atoms. The zero-order valence-corrected chi connectivity index (χ0v) is 21.9.